The fourth-order valence-corrected chi connectivity index (χ4v) is 2.53. The first-order chi connectivity index (χ1) is 12.0. The molecule has 7 heteroatoms. The molecular formula is C18H17FN4O2. The summed E-state index contributed by atoms with van der Waals surface area (Å²) in [6, 6.07) is 12.6. The quantitative estimate of drug-likeness (QED) is 0.772. The Bertz CT molecular complexity index is 953. The lowest BCUT2D eigenvalue weighted by atomic mass is 10.1. The Balaban J connectivity index is 1.63. The molecule has 1 atom stereocenters. The Kier molecular flexibility index (Phi) is 4.83. The third kappa shape index (κ3) is 3.88. The first kappa shape index (κ1) is 16.8. The minimum Gasteiger partial charge on any atom is -0.350 e. The van der Waals surface area contributed by atoms with Crippen LogP contribution in [0.1, 0.15) is 24.9 Å². The van der Waals surface area contributed by atoms with E-state index < -0.39 is 0 Å². The number of carbonyl (C=O) groups excluding carboxylic acids is 1. The average Bonchev–Trinajstić information content (AvgIpc) is 2.62. The number of fused-ring (bicyclic) bond motifs is 1. The monoisotopic (exact) mass is 340 g/mol. The Morgan fingerprint density at radius 1 is 1.20 bits per heavy atom. The highest BCUT2D eigenvalue weighted by molar-refractivity contribution is 5.77. The fourth-order valence-electron chi connectivity index (χ4n) is 2.53. The summed E-state index contributed by atoms with van der Waals surface area (Å²) in [4.78, 5) is 24.4. The number of aryl methyl sites for hydroxylation is 1. The standard InChI is InChI=1S/C18H17FN4O2/c1-12(13-6-8-14(19)9-7-13)20-17(24)10-11-23-18(25)15-4-2-3-5-16(15)21-22-23/h2-9,12H,10-11H2,1H3,(H,20,24). The highest BCUT2D eigenvalue weighted by atomic mass is 19.1. The van der Waals surface area contributed by atoms with Gasteiger partial charge in [0.15, 0.2) is 0 Å². The zero-order valence-corrected chi connectivity index (χ0v) is 13.6. The predicted molar refractivity (Wildman–Crippen MR) is 91.4 cm³/mol. The normalized spacial score (nSPS) is 12.1. The van der Waals surface area contributed by atoms with Crippen molar-refractivity contribution in [3.8, 4) is 0 Å². The van der Waals surface area contributed by atoms with Crippen LogP contribution in [-0.4, -0.2) is 20.9 Å². The van der Waals surface area contributed by atoms with Crippen molar-refractivity contribution in [1.82, 2.24) is 20.3 Å². The van der Waals surface area contributed by atoms with Crippen LogP contribution in [0.25, 0.3) is 10.9 Å². The molecule has 25 heavy (non-hydrogen) atoms. The number of aromatic nitrogens is 3. The van der Waals surface area contributed by atoms with Crippen LogP contribution in [0.5, 0.6) is 0 Å². The van der Waals surface area contributed by atoms with Crippen LogP contribution in [0.4, 0.5) is 4.39 Å². The minimum absolute atomic E-state index is 0.0957. The van der Waals surface area contributed by atoms with Gasteiger partial charge in [-0.15, -0.1) is 5.10 Å². The van der Waals surface area contributed by atoms with Crippen LogP contribution in [0.3, 0.4) is 0 Å². The number of halogens is 1. The maximum absolute atomic E-state index is 12.9. The van der Waals surface area contributed by atoms with Gasteiger partial charge >= 0.3 is 0 Å². The largest absolute Gasteiger partial charge is 0.350 e. The third-order valence-corrected chi connectivity index (χ3v) is 3.93. The van der Waals surface area contributed by atoms with Crippen LogP contribution in [0.2, 0.25) is 0 Å². The maximum Gasteiger partial charge on any atom is 0.277 e. The van der Waals surface area contributed by atoms with Gasteiger partial charge in [-0.25, -0.2) is 9.07 Å². The number of benzene rings is 2. The second-order valence-corrected chi connectivity index (χ2v) is 5.73. The van der Waals surface area contributed by atoms with Crippen molar-refractivity contribution in [3.05, 3.63) is 70.3 Å². The van der Waals surface area contributed by atoms with Gasteiger partial charge in [0.2, 0.25) is 5.91 Å². The Labute approximate surface area is 143 Å². The Morgan fingerprint density at radius 2 is 1.92 bits per heavy atom. The summed E-state index contributed by atoms with van der Waals surface area (Å²) in [6.45, 7) is 1.95. The van der Waals surface area contributed by atoms with Crippen LogP contribution in [-0.2, 0) is 11.3 Å². The van der Waals surface area contributed by atoms with Crippen LogP contribution < -0.4 is 10.9 Å². The molecule has 0 spiro atoms. The highest BCUT2D eigenvalue weighted by Gasteiger charge is 2.11. The number of rotatable bonds is 5. The van der Waals surface area contributed by atoms with Crippen LogP contribution in [0.15, 0.2) is 53.3 Å². The summed E-state index contributed by atoms with van der Waals surface area (Å²) in [6.07, 6.45) is 0.0957. The van der Waals surface area contributed by atoms with Crippen molar-refractivity contribution >= 4 is 16.8 Å². The molecule has 0 saturated heterocycles. The molecule has 0 bridgehead atoms. The second-order valence-electron chi connectivity index (χ2n) is 5.73. The third-order valence-electron chi connectivity index (χ3n) is 3.93. The van der Waals surface area contributed by atoms with Crippen molar-refractivity contribution in [2.75, 3.05) is 0 Å². The van der Waals surface area contributed by atoms with Crippen LogP contribution >= 0.6 is 0 Å². The number of hydrogen-bond acceptors (Lipinski definition) is 4. The zero-order chi connectivity index (χ0) is 17.8. The van der Waals surface area contributed by atoms with E-state index in [4.69, 9.17) is 0 Å². The molecule has 1 unspecified atom stereocenters. The van der Waals surface area contributed by atoms with E-state index in [2.05, 4.69) is 15.6 Å². The number of nitrogens with zero attached hydrogens (tertiary/aromatic N) is 3. The lowest BCUT2D eigenvalue weighted by Gasteiger charge is -2.14. The van der Waals surface area contributed by atoms with Crippen molar-refractivity contribution in [2.45, 2.75) is 25.9 Å². The molecule has 1 aromatic heterocycles. The summed E-state index contributed by atoms with van der Waals surface area (Å²) < 4.78 is 14.1. The first-order valence-electron chi connectivity index (χ1n) is 7.92. The van der Waals surface area contributed by atoms with Gasteiger partial charge in [0.25, 0.3) is 5.56 Å². The van der Waals surface area contributed by atoms with E-state index in [-0.39, 0.29) is 36.3 Å². The molecule has 3 aromatic rings. The summed E-state index contributed by atoms with van der Waals surface area (Å²) in [5, 5.41) is 11.1. The molecule has 3 rings (SSSR count). The Hall–Kier alpha value is -3.09. The number of hydrogen-bond donors (Lipinski definition) is 1. The molecule has 0 fully saturated rings. The lowest BCUT2D eigenvalue weighted by molar-refractivity contribution is -0.122. The average molecular weight is 340 g/mol. The molecule has 0 saturated carbocycles. The SMILES string of the molecule is CC(NC(=O)CCn1nnc2ccccc2c1=O)c1ccc(F)cc1. The van der Waals surface area contributed by atoms with Crippen molar-refractivity contribution < 1.29 is 9.18 Å². The summed E-state index contributed by atoms with van der Waals surface area (Å²) in [5.74, 6) is -0.546. The molecule has 0 aliphatic carbocycles. The summed E-state index contributed by atoms with van der Waals surface area (Å²) >= 11 is 0. The lowest BCUT2D eigenvalue weighted by Crippen LogP contribution is -2.30. The van der Waals surface area contributed by atoms with E-state index in [1.165, 1.54) is 16.8 Å². The first-order valence-corrected chi connectivity index (χ1v) is 7.92. The summed E-state index contributed by atoms with van der Waals surface area (Å²) in [5.41, 5.74) is 1.06. The molecular weight excluding hydrogens is 323 g/mol. The fraction of sp³-hybridized carbons (Fsp3) is 0.222. The molecule has 6 nitrogen and oxygen atoms in total. The Morgan fingerprint density at radius 3 is 2.68 bits per heavy atom. The van der Waals surface area contributed by atoms with Crippen molar-refractivity contribution in [1.29, 1.82) is 0 Å². The van der Waals surface area contributed by atoms with E-state index in [1.807, 2.05) is 6.92 Å². The van der Waals surface area contributed by atoms with Gasteiger partial charge in [0, 0.05) is 6.42 Å². The topological polar surface area (TPSA) is 76.9 Å². The van der Waals surface area contributed by atoms with Gasteiger partial charge in [0.05, 0.1) is 18.0 Å². The summed E-state index contributed by atoms with van der Waals surface area (Å²) in [7, 11) is 0. The maximum atomic E-state index is 12.9. The van der Waals surface area contributed by atoms with Gasteiger partial charge in [-0.1, -0.05) is 29.5 Å². The van der Waals surface area contributed by atoms with E-state index in [1.54, 1.807) is 36.4 Å². The van der Waals surface area contributed by atoms with Gasteiger partial charge in [-0.2, -0.15) is 0 Å². The van der Waals surface area contributed by atoms with E-state index in [0.29, 0.717) is 10.9 Å². The molecule has 128 valence electrons. The van der Waals surface area contributed by atoms with Gasteiger partial charge in [0.1, 0.15) is 11.3 Å². The molecule has 2 aromatic carbocycles. The molecule has 1 amide bonds. The zero-order valence-electron chi connectivity index (χ0n) is 13.6. The molecule has 0 aliphatic rings. The highest BCUT2D eigenvalue weighted by Crippen LogP contribution is 2.13. The minimum atomic E-state index is -0.323. The number of nitrogens with one attached hydrogen (secondary N) is 1. The van der Waals surface area contributed by atoms with Gasteiger partial charge in [-0.3, -0.25) is 9.59 Å². The van der Waals surface area contributed by atoms with Gasteiger partial charge in [-0.05, 0) is 36.8 Å². The molecule has 1 N–H and O–H groups in total. The second kappa shape index (κ2) is 7.21. The number of carbonyl (C=O) groups is 1. The smallest absolute Gasteiger partial charge is 0.277 e. The van der Waals surface area contributed by atoms with Crippen LogP contribution in [0, 0.1) is 5.82 Å². The molecule has 0 aliphatic heterocycles. The van der Waals surface area contributed by atoms with E-state index in [0.717, 1.165) is 5.56 Å². The molecule has 0 radical (unpaired) electrons. The van der Waals surface area contributed by atoms with E-state index >= 15 is 0 Å². The predicted octanol–water partition coefficient (Wildman–Crippen LogP) is 2.20. The number of amides is 1. The van der Waals surface area contributed by atoms with Crippen molar-refractivity contribution in [2.24, 2.45) is 0 Å². The van der Waals surface area contributed by atoms with E-state index in [9.17, 15) is 14.0 Å². The van der Waals surface area contributed by atoms with Gasteiger partial charge < -0.3 is 5.32 Å². The van der Waals surface area contributed by atoms with Crippen molar-refractivity contribution in [3.63, 3.8) is 0 Å². The molecule has 1 heterocycles.